The summed E-state index contributed by atoms with van der Waals surface area (Å²) in [5.41, 5.74) is 2.81. The summed E-state index contributed by atoms with van der Waals surface area (Å²) in [5, 5.41) is 2.76. The molecule has 2 aromatic rings. The van der Waals surface area contributed by atoms with Crippen molar-refractivity contribution in [2.24, 2.45) is 0 Å². The maximum absolute atomic E-state index is 13.0. The van der Waals surface area contributed by atoms with E-state index >= 15 is 0 Å². The maximum atomic E-state index is 13.0. The van der Waals surface area contributed by atoms with Crippen LogP contribution in [0.25, 0.3) is 0 Å². The molecular weight excluding hydrogens is 328 g/mol. The minimum atomic E-state index is -1.16. The first-order chi connectivity index (χ1) is 12.2. The summed E-state index contributed by atoms with van der Waals surface area (Å²) >= 11 is 0. The molecule has 0 aromatic heterocycles. The third-order valence-electron chi connectivity index (χ3n) is 4.95. The number of carbonyl (C=O) groups excluding carboxylic acids is 3. The summed E-state index contributed by atoms with van der Waals surface area (Å²) < 4.78 is 0. The number of hydrogen-bond acceptors (Lipinski definition) is 3. The molecule has 1 fully saturated rings. The van der Waals surface area contributed by atoms with Crippen LogP contribution in [0, 0.1) is 20.8 Å². The molecule has 0 spiro atoms. The molecular formula is C21H22N2O3. The zero-order chi connectivity index (χ0) is 19.1. The Bertz CT molecular complexity index is 919. The van der Waals surface area contributed by atoms with Crippen molar-refractivity contribution in [3.8, 4) is 0 Å². The molecule has 1 N–H and O–H groups in total. The van der Waals surface area contributed by atoms with Crippen LogP contribution in [-0.2, 0) is 10.3 Å². The van der Waals surface area contributed by atoms with Crippen molar-refractivity contribution in [3.63, 3.8) is 0 Å². The first kappa shape index (κ1) is 17.9. The van der Waals surface area contributed by atoms with Crippen molar-refractivity contribution in [1.29, 1.82) is 0 Å². The number of urea groups is 1. The quantitative estimate of drug-likeness (QED) is 0.680. The second-order valence-corrected chi connectivity index (χ2v) is 7.00. The smallest absolute Gasteiger partial charge is 0.319 e. The lowest BCUT2D eigenvalue weighted by molar-refractivity contribution is -0.130. The highest BCUT2D eigenvalue weighted by Crippen LogP contribution is 2.31. The fourth-order valence-corrected chi connectivity index (χ4v) is 3.42. The minimum absolute atomic E-state index is 0.247. The number of benzene rings is 2. The highest BCUT2D eigenvalue weighted by molar-refractivity contribution is 6.11. The molecule has 26 heavy (non-hydrogen) atoms. The van der Waals surface area contributed by atoms with Gasteiger partial charge in [0, 0.05) is 5.56 Å². The number of aryl methyl sites for hydroxylation is 3. The average molecular weight is 350 g/mol. The largest absolute Gasteiger partial charge is 0.325 e. The van der Waals surface area contributed by atoms with Gasteiger partial charge < -0.3 is 5.32 Å². The molecule has 1 atom stereocenters. The van der Waals surface area contributed by atoms with E-state index in [-0.39, 0.29) is 12.3 Å². The van der Waals surface area contributed by atoms with Gasteiger partial charge in [-0.1, -0.05) is 42.0 Å². The molecule has 3 rings (SSSR count). The van der Waals surface area contributed by atoms with Gasteiger partial charge in [0.2, 0.25) is 0 Å². The van der Waals surface area contributed by atoms with Crippen LogP contribution in [0.1, 0.15) is 39.5 Å². The summed E-state index contributed by atoms with van der Waals surface area (Å²) in [5.74, 6) is -0.654. The fourth-order valence-electron chi connectivity index (χ4n) is 3.42. The van der Waals surface area contributed by atoms with Crippen LogP contribution < -0.4 is 5.32 Å². The Morgan fingerprint density at radius 3 is 2.42 bits per heavy atom. The van der Waals surface area contributed by atoms with E-state index in [9.17, 15) is 14.4 Å². The molecule has 1 saturated heterocycles. The highest BCUT2D eigenvalue weighted by Gasteiger charge is 2.50. The molecule has 5 heteroatoms. The van der Waals surface area contributed by atoms with Gasteiger partial charge >= 0.3 is 6.03 Å². The Labute approximate surface area is 153 Å². The first-order valence-electron chi connectivity index (χ1n) is 8.54. The van der Waals surface area contributed by atoms with Crippen molar-refractivity contribution in [2.75, 3.05) is 6.54 Å². The zero-order valence-electron chi connectivity index (χ0n) is 15.4. The van der Waals surface area contributed by atoms with E-state index in [0.717, 1.165) is 27.2 Å². The predicted octanol–water partition coefficient (Wildman–Crippen LogP) is 3.26. The Hall–Kier alpha value is -2.95. The van der Waals surface area contributed by atoms with E-state index in [1.165, 1.54) is 0 Å². The fraction of sp³-hybridized carbons (Fsp3) is 0.286. The molecule has 0 bridgehead atoms. The van der Waals surface area contributed by atoms with Crippen molar-refractivity contribution < 1.29 is 14.4 Å². The molecule has 3 amide bonds. The normalized spacial score (nSPS) is 19.6. The number of ketones is 1. The van der Waals surface area contributed by atoms with Crippen molar-refractivity contribution in [1.82, 2.24) is 10.2 Å². The summed E-state index contributed by atoms with van der Waals surface area (Å²) in [6.45, 7) is 7.05. The summed E-state index contributed by atoms with van der Waals surface area (Å²) in [6.07, 6.45) is 0. The van der Waals surface area contributed by atoms with E-state index in [0.29, 0.717) is 5.56 Å². The molecule has 2 aromatic carbocycles. The van der Waals surface area contributed by atoms with Gasteiger partial charge in [0.15, 0.2) is 5.78 Å². The molecule has 0 radical (unpaired) electrons. The summed E-state index contributed by atoms with van der Waals surface area (Å²) in [7, 11) is 0. The lowest BCUT2D eigenvalue weighted by Crippen LogP contribution is -2.42. The molecule has 0 aliphatic carbocycles. The Balaban J connectivity index is 1.89. The SMILES string of the molecule is Cc1ccc(C)c(C(=O)CN2C(=O)NC(C)(c3ccccc3C)C2=O)c1. The Kier molecular flexibility index (Phi) is 4.40. The van der Waals surface area contributed by atoms with Crippen molar-refractivity contribution in [3.05, 3.63) is 70.3 Å². The number of amides is 3. The molecule has 1 unspecified atom stereocenters. The summed E-state index contributed by atoms with van der Waals surface area (Å²) in [6, 6.07) is 12.5. The molecule has 134 valence electrons. The standard InChI is InChI=1S/C21H22N2O3/c1-13-9-10-14(2)16(11-13)18(24)12-23-19(25)21(4,22-20(23)26)17-8-6-5-7-15(17)3/h5-11H,12H2,1-4H3,(H,22,26). The molecule has 0 saturated carbocycles. The third-order valence-corrected chi connectivity index (χ3v) is 4.95. The van der Waals surface area contributed by atoms with Gasteiger partial charge in [-0.2, -0.15) is 0 Å². The van der Waals surface area contributed by atoms with Gasteiger partial charge in [0.25, 0.3) is 5.91 Å². The number of nitrogens with one attached hydrogen (secondary N) is 1. The summed E-state index contributed by atoms with van der Waals surface area (Å²) in [4.78, 5) is 39.2. The average Bonchev–Trinajstić information content (AvgIpc) is 2.81. The topological polar surface area (TPSA) is 66.5 Å². The number of hydrogen-bond donors (Lipinski definition) is 1. The van der Waals surface area contributed by atoms with Gasteiger partial charge in [-0.3, -0.25) is 14.5 Å². The van der Waals surface area contributed by atoms with Gasteiger partial charge in [-0.15, -0.1) is 0 Å². The second-order valence-electron chi connectivity index (χ2n) is 7.00. The lowest BCUT2D eigenvalue weighted by atomic mass is 9.88. The van der Waals surface area contributed by atoms with Crippen molar-refractivity contribution in [2.45, 2.75) is 33.2 Å². The number of carbonyl (C=O) groups is 3. The van der Waals surface area contributed by atoms with E-state index < -0.39 is 17.5 Å². The van der Waals surface area contributed by atoms with Crippen LogP contribution in [-0.4, -0.2) is 29.2 Å². The predicted molar refractivity (Wildman–Crippen MR) is 99.0 cm³/mol. The number of Topliss-reactive ketones (excluding diaryl/α,β-unsaturated/α-hetero) is 1. The van der Waals surface area contributed by atoms with Gasteiger partial charge in [0.05, 0.1) is 6.54 Å². The number of nitrogens with zero attached hydrogens (tertiary/aromatic N) is 1. The van der Waals surface area contributed by atoms with Gasteiger partial charge in [-0.25, -0.2) is 4.79 Å². The van der Waals surface area contributed by atoms with Crippen LogP contribution >= 0.6 is 0 Å². The number of imide groups is 1. The maximum Gasteiger partial charge on any atom is 0.325 e. The van der Waals surface area contributed by atoms with E-state index in [4.69, 9.17) is 0 Å². The number of rotatable bonds is 4. The van der Waals surface area contributed by atoms with Crippen LogP contribution in [0.3, 0.4) is 0 Å². The molecule has 5 nitrogen and oxygen atoms in total. The second kappa shape index (κ2) is 6.41. The monoisotopic (exact) mass is 350 g/mol. The highest BCUT2D eigenvalue weighted by atomic mass is 16.2. The van der Waals surface area contributed by atoms with Crippen LogP contribution in [0.15, 0.2) is 42.5 Å². The Morgan fingerprint density at radius 1 is 1.04 bits per heavy atom. The van der Waals surface area contributed by atoms with E-state index in [1.54, 1.807) is 13.0 Å². The first-order valence-corrected chi connectivity index (χ1v) is 8.54. The van der Waals surface area contributed by atoms with Crippen LogP contribution in [0.5, 0.6) is 0 Å². The van der Waals surface area contributed by atoms with Gasteiger partial charge in [-0.05, 0) is 50.5 Å². The van der Waals surface area contributed by atoms with Crippen molar-refractivity contribution >= 4 is 17.7 Å². The minimum Gasteiger partial charge on any atom is -0.319 e. The molecule has 1 heterocycles. The zero-order valence-corrected chi connectivity index (χ0v) is 15.4. The van der Waals surface area contributed by atoms with E-state index in [2.05, 4.69) is 5.32 Å². The van der Waals surface area contributed by atoms with Crippen LogP contribution in [0.4, 0.5) is 4.79 Å². The van der Waals surface area contributed by atoms with Crippen LogP contribution in [0.2, 0.25) is 0 Å². The van der Waals surface area contributed by atoms with Gasteiger partial charge in [0.1, 0.15) is 5.54 Å². The Morgan fingerprint density at radius 2 is 1.73 bits per heavy atom. The third kappa shape index (κ3) is 2.90. The molecule has 1 aliphatic rings. The van der Waals surface area contributed by atoms with E-state index in [1.807, 2.05) is 57.2 Å². The lowest BCUT2D eigenvalue weighted by Gasteiger charge is -2.24. The molecule has 1 aliphatic heterocycles.